The van der Waals surface area contributed by atoms with E-state index in [2.05, 4.69) is 284 Å². The van der Waals surface area contributed by atoms with Crippen molar-refractivity contribution in [2.24, 2.45) is 5.92 Å². The lowest BCUT2D eigenvalue weighted by Crippen LogP contribution is -2.34. The van der Waals surface area contributed by atoms with Gasteiger partial charge in [0.2, 0.25) is 0 Å². The Hall–Kier alpha value is -9.04. The molecule has 0 saturated carbocycles. The Morgan fingerprint density at radius 2 is 0.836 bits per heavy atom. The van der Waals surface area contributed by atoms with Crippen molar-refractivity contribution in [3.05, 3.63) is 329 Å². The molecule has 1 heteroatoms. The Morgan fingerprint density at radius 3 is 1.51 bits per heavy atom. The second-order valence-electron chi connectivity index (χ2n) is 20.2. The largest absolute Gasteiger partial charge is 0.314 e. The van der Waals surface area contributed by atoms with Crippen molar-refractivity contribution in [3.8, 4) is 44.5 Å². The molecule has 0 aliphatic heterocycles. The van der Waals surface area contributed by atoms with E-state index in [0.717, 1.165) is 17.8 Å². The van der Waals surface area contributed by atoms with Crippen LogP contribution in [0, 0.1) is 5.92 Å². The Bertz CT molecular complexity index is 3960. The standard InChI is InChI=1S/C72H49N/c1-4-22-50(23-5-1)71(51-24-6-2-7-25-51)66-37-19-15-32-61(66)70-62(33-20-38-67(70)71)69-55-28-11-10-21-48(55)41-45-56(69)49-39-42-53(43-40-49)73(52-26-8-3-9-27-52)54-44-46-60-59-31-14-18-36-65(59)72(68(60)47-54)63-34-16-12-29-57(63)58-30-13-17-35-64(58)72/h1-46,68H,47H2. The van der Waals surface area contributed by atoms with E-state index < -0.39 is 5.41 Å². The van der Waals surface area contributed by atoms with Crippen LogP contribution in [-0.4, -0.2) is 0 Å². The molecule has 0 heterocycles. The lowest BCUT2D eigenvalue weighted by atomic mass is 9.65. The normalized spacial score (nSPS) is 15.9. The van der Waals surface area contributed by atoms with Gasteiger partial charge in [-0.05, 0) is 142 Å². The van der Waals surface area contributed by atoms with Crippen LogP contribution in [-0.2, 0) is 10.8 Å². The number of anilines is 2. The minimum Gasteiger partial charge on any atom is -0.314 e. The number of hydrogen-bond donors (Lipinski definition) is 0. The summed E-state index contributed by atoms with van der Waals surface area (Å²) in [6, 6.07) is 99.9. The second kappa shape index (κ2) is 16.2. The molecule has 1 atom stereocenters. The number of benzene rings is 11. The van der Waals surface area contributed by atoms with Gasteiger partial charge in [0.05, 0.1) is 10.8 Å². The minimum absolute atomic E-state index is 0.209. The highest BCUT2D eigenvalue weighted by Gasteiger charge is 2.57. The van der Waals surface area contributed by atoms with E-state index in [1.54, 1.807) is 0 Å². The first-order chi connectivity index (χ1) is 36.2. The molecule has 0 aromatic heterocycles. The Balaban J connectivity index is 0.888. The zero-order valence-corrected chi connectivity index (χ0v) is 40.3. The summed E-state index contributed by atoms with van der Waals surface area (Å²) in [4.78, 5) is 2.51. The van der Waals surface area contributed by atoms with Crippen LogP contribution in [0.2, 0.25) is 0 Å². The number of rotatable bonds is 7. The van der Waals surface area contributed by atoms with E-state index in [1.807, 2.05) is 0 Å². The molecule has 0 bridgehead atoms. The highest BCUT2D eigenvalue weighted by Crippen LogP contribution is 2.66. The third kappa shape index (κ3) is 5.85. The van der Waals surface area contributed by atoms with Crippen molar-refractivity contribution in [2.45, 2.75) is 17.3 Å². The minimum atomic E-state index is -0.493. The van der Waals surface area contributed by atoms with Crippen LogP contribution in [0.1, 0.15) is 50.9 Å². The van der Waals surface area contributed by atoms with Gasteiger partial charge in [0.1, 0.15) is 0 Å². The number of fused-ring (bicyclic) bond motifs is 14. The summed E-state index contributed by atoms with van der Waals surface area (Å²) in [6.07, 6.45) is 5.71. The molecular weight excluding hydrogens is 879 g/mol. The fraction of sp³-hybridized carbons (Fsp3) is 0.0556. The van der Waals surface area contributed by atoms with Gasteiger partial charge in [-0.2, -0.15) is 0 Å². The van der Waals surface area contributed by atoms with Gasteiger partial charge in [-0.3, -0.25) is 0 Å². The first-order valence-electron chi connectivity index (χ1n) is 25.8. The van der Waals surface area contributed by atoms with Crippen LogP contribution in [0.3, 0.4) is 0 Å². The van der Waals surface area contributed by atoms with E-state index in [4.69, 9.17) is 0 Å². The number of hydrogen-bond acceptors (Lipinski definition) is 1. The molecule has 73 heavy (non-hydrogen) atoms. The van der Waals surface area contributed by atoms with Gasteiger partial charge in [-0.25, -0.2) is 0 Å². The molecule has 4 aliphatic carbocycles. The quantitative estimate of drug-likeness (QED) is 0.154. The van der Waals surface area contributed by atoms with Gasteiger partial charge in [0.15, 0.2) is 0 Å². The Morgan fingerprint density at radius 1 is 0.329 bits per heavy atom. The molecular formula is C72H49N. The van der Waals surface area contributed by atoms with Gasteiger partial charge in [-0.1, -0.05) is 249 Å². The fourth-order valence-corrected chi connectivity index (χ4v) is 14.1. The van der Waals surface area contributed by atoms with Gasteiger partial charge >= 0.3 is 0 Å². The van der Waals surface area contributed by atoms with Crippen molar-refractivity contribution in [3.63, 3.8) is 0 Å². The molecule has 0 saturated heterocycles. The number of para-hydroxylation sites is 1. The monoisotopic (exact) mass is 927 g/mol. The summed E-state index contributed by atoms with van der Waals surface area (Å²) < 4.78 is 0. The van der Waals surface area contributed by atoms with Crippen LogP contribution in [0.5, 0.6) is 0 Å². The predicted molar refractivity (Wildman–Crippen MR) is 303 cm³/mol. The molecule has 0 fully saturated rings. The van der Waals surface area contributed by atoms with Crippen molar-refractivity contribution < 1.29 is 0 Å². The van der Waals surface area contributed by atoms with E-state index in [-0.39, 0.29) is 11.3 Å². The summed E-state index contributed by atoms with van der Waals surface area (Å²) in [6.45, 7) is 0. The summed E-state index contributed by atoms with van der Waals surface area (Å²) in [5, 5.41) is 2.47. The van der Waals surface area contributed by atoms with Crippen LogP contribution in [0.4, 0.5) is 11.4 Å². The topological polar surface area (TPSA) is 3.24 Å². The molecule has 342 valence electrons. The molecule has 0 amide bonds. The maximum Gasteiger partial charge on any atom is 0.0713 e. The third-order valence-electron chi connectivity index (χ3n) is 16.8. The number of nitrogens with zero attached hydrogens (tertiary/aromatic N) is 1. The molecule has 11 aromatic carbocycles. The van der Waals surface area contributed by atoms with E-state index in [9.17, 15) is 0 Å². The van der Waals surface area contributed by atoms with Gasteiger partial charge in [0, 0.05) is 23.0 Å². The smallest absolute Gasteiger partial charge is 0.0713 e. The summed E-state index contributed by atoms with van der Waals surface area (Å²) >= 11 is 0. The SMILES string of the molecule is C1=C2c3ccccc3C3(c4ccccc4-c4ccccc43)C2CC(N(c2ccccc2)c2ccc(-c3ccc4ccccc4c3-c3cccc4c3-c3ccccc3C4(c3ccccc3)c3ccccc3)cc2)=C1. The van der Waals surface area contributed by atoms with Crippen LogP contribution in [0.15, 0.2) is 285 Å². The van der Waals surface area contributed by atoms with Gasteiger partial charge in [0.25, 0.3) is 0 Å². The Labute approximate surface area is 427 Å². The zero-order valence-electron chi connectivity index (χ0n) is 40.3. The molecule has 4 aliphatic rings. The van der Waals surface area contributed by atoms with E-state index in [0.29, 0.717) is 0 Å². The molecule has 0 N–H and O–H groups in total. The van der Waals surface area contributed by atoms with E-state index in [1.165, 1.54) is 111 Å². The van der Waals surface area contributed by atoms with E-state index >= 15 is 0 Å². The highest BCUT2D eigenvalue weighted by atomic mass is 15.1. The molecule has 15 rings (SSSR count). The summed E-state index contributed by atoms with van der Waals surface area (Å²) in [7, 11) is 0. The van der Waals surface area contributed by atoms with Gasteiger partial charge in [-0.15, -0.1) is 0 Å². The summed E-state index contributed by atoms with van der Waals surface area (Å²) in [5.74, 6) is 0.209. The van der Waals surface area contributed by atoms with Crippen molar-refractivity contribution in [1.29, 1.82) is 0 Å². The van der Waals surface area contributed by atoms with Crippen LogP contribution < -0.4 is 4.90 Å². The number of allylic oxidation sites excluding steroid dienone is 4. The molecule has 0 radical (unpaired) electrons. The predicted octanol–water partition coefficient (Wildman–Crippen LogP) is 18.0. The first-order valence-corrected chi connectivity index (χ1v) is 25.8. The fourth-order valence-electron chi connectivity index (χ4n) is 14.1. The average molecular weight is 928 g/mol. The van der Waals surface area contributed by atoms with Gasteiger partial charge < -0.3 is 4.90 Å². The molecule has 1 spiro atoms. The van der Waals surface area contributed by atoms with Crippen LogP contribution in [0.25, 0.3) is 60.9 Å². The second-order valence-corrected chi connectivity index (χ2v) is 20.2. The summed E-state index contributed by atoms with van der Waals surface area (Å²) in [5.41, 5.74) is 25.2. The van der Waals surface area contributed by atoms with Crippen molar-refractivity contribution in [1.82, 2.24) is 0 Å². The maximum atomic E-state index is 2.51. The zero-order chi connectivity index (χ0) is 48.1. The molecule has 1 unspecified atom stereocenters. The highest BCUT2D eigenvalue weighted by molar-refractivity contribution is 6.09. The maximum absolute atomic E-state index is 2.51. The van der Waals surface area contributed by atoms with Crippen molar-refractivity contribution >= 4 is 27.7 Å². The van der Waals surface area contributed by atoms with Crippen LogP contribution >= 0.6 is 0 Å². The lowest BCUT2D eigenvalue weighted by Gasteiger charge is -2.39. The molecule has 1 nitrogen and oxygen atoms in total. The third-order valence-corrected chi connectivity index (χ3v) is 16.8. The lowest BCUT2D eigenvalue weighted by molar-refractivity contribution is 0.483. The first kappa shape index (κ1) is 41.7. The van der Waals surface area contributed by atoms with Crippen molar-refractivity contribution in [2.75, 3.05) is 4.90 Å². The average Bonchev–Trinajstić information content (AvgIpc) is 4.15. The Kier molecular flexibility index (Phi) is 9.29. The molecule has 11 aromatic rings.